The summed E-state index contributed by atoms with van der Waals surface area (Å²) in [4.78, 5) is 11.7. The van der Waals surface area contributed by atoms with Crippen molar-refractivity contribution >= 4 is 21.6 Å². The van der Waals surface area contributed by atoms with Gasteiger partial charge in [-0.2, -0.15) is 0 Å². The number of carbonyl (C=O) groups excluding carboxylic acids is 1. The number of amides is 1. The highest BCUT2D eigenvalue weighted by atomic mass is 32.2. The predicted octanol–water partition coefficient (Wildman–Crippen LogP) is 1.75. The Bertz CT molecular complexity index is 909. The van der Waals surface area contributed by atoms with Crippen molar-refractivity contribution < 1.29 is 17.9 Å². The van der Waals surface area contributed by atoms with Crippen LogP contribution in [0.1, 0.15) is 11.1 Å². The van der Waals surface area contributed by atoms with Crippen molar-refractivity contribution in [2.24, 2.45) is 5.73 Å². The van der Waals surface area contributed by atoms with Gasteiger partial charge < -0.3 is 10.5 Å². The number of hydrogen-bond acceptors (Lipinski definition) is 4. The smallest absolute Gasteiger partial charge is 0.264 e. The summed E-state index contributed by atoms with van der Waals surface area (Å²) >= 11 is 0. The Hall–Kier alpha value is -2.54. The third-order valence-electron chi connectivity index (χ3n) is 4.12. The Balaban J connectivity index is 2.12. The number of hydrogen-bond donors (Lipinski definition) is 1. The van der Waals surface area contributed by atoms with Gasteiger partial charge in [0.1, 0.15) is 5.75 Å². The van der Waals surface area contributed by atoms with Crippen LogP contribution < -0.4 is 14.8 Å². The molecule has 1 amide bonds. The Labute approximate surface area is 140 Å². The number of benzene rings is 2. The first-order chi connectivity index (χ1) is 11.3. The third-order valence-corrected chi connectivity index (χ3v) is 5.89. The number of primary amides is 1. The lowest BCUT2D eigenvalue weighted by Gasteiger charge is -2.34. The van der Waals surface area contributed by atoms with Crippen molar-refractivity contribution in [1.29, 1.82) is 0 Å². The number of ether oxygens (including phenoxy) is 1. The molecule has 0 bridgehead atoms. The molecule has 2 aromatic carbocycles. The molecule has 1 atom stereocenters. The molecule has 0 aliphatic carbocycles. The molecule has 2 aromatic rings. The lowest BCUT2D eigenvalue weighted by Crippen LogP contribution is -2.49. The zero-order valence-corrected chi connectivity index (χ0v) is 14.2. The van der Waals surface area contributed by atoms with Crippen LogP contribution in [0.2, 0.25) is 0 Å². The van der Waals surface area contributed by atoms with Gasteiger partial charge in [0.05, 0.1) is 17.1 Å². The highest BCUT2D eigenvalue weighted by molar-refractivity contribution is 7.92. The van der Waals surface area contributed by atoms with Gasteiger partial charge in [0.25, 0.3) is 15.9 Å². The minimum Gasteiger partial charge on any atom is -0.476 e. The van der Waals surface area contributed by atoms with E-state index < -0.39 is 22.0 Å². The van der Waals surface area contributed by atoms with E-state index in [9.17, 15) is 13.2 Å². The summed E-state index contributed by atoms with van der Waals surface area (Å²) < 4.78 is 32.9. The summed E-state index contributed by atoms with van der Waals surface area (Å²) in [6, 6.07) is 11.6. The molecule has 6 nitrogen and oxygen atoms in total. The maximum Gasteiger partial charge on any atom is 0.264 e. The largest absolute Gasteiger partial charge is 0.476 e. The molecule has 7 heteroatoms. The van der Waals surface area contributed by atoms with Crippen LogP contribution in [0, 0.1) is 13.8 Å². The molecule has 0 saturated heterocycles. The van der Waals surface area contributed by atoms with Crippen LogP contribution in [0.4, 0.5) is 5.69 Å². The van der Waals surface area contributed by atoms with E-state index in [2.05, 4.69) is 0 Å². The Morgan fingerprint density at radius 3 is 2.54 bits per heavy atom. The number of rotatable bonds is 3. The van der Waals surface area contributed by atoms with E-state index in [4.69, 9.17) is 10.5 Å². The Morgan fingerprint density at radius 1 is 1.17 bits per heavy atom. The van der Waals surface area contributed by atoms with Gasteiger partial charge in [-0.25, -0.2) is 8.42 Å². The standard InChI is InChI=1S/C17H18N2O4S/c1-11-7-8-13(9-12(11)2)24(21,22)19-10-16(17(18)20)23-15-6-4-3-5-14(15)19/h3-9,16H,10H2,1-2H3,(H2,18,20)/t16-/m0/s1. The van der Waals surface area contributed by atoms with Crippen molar-refractivity contribution in [3.8, 4) is 5.75 Å². The van der Waals surface area contributed by atoms with E-state index in [0.717, 1.165) is 11.1 Å². The molecule has 3 rings (SSSR count). The topological polar surface area (TPSA) is 89.7 Å². The van der Waals surface area contributed by atoms with Crippen LogP contribution in [0.15, 0.2) is 47.4 Å². The zero-order valence-electron chi connectivity index (χ0n) is 13.4. The van der Waals surface area contributed by atoms with E-state index in [0.29, 0.717) is 11.4 Å². The van der Waals surface area contributed by atoms with Crippen molar-refractivity contribution in [2.45, 2.75) is 24.8 Å². The minimum absolute atomic E-state index is 0.151. The first kappa shape index (κ1) is 16.3. The number of sulfonamides is 1. The van der Waals surface area contributed by atoms with Gasteiger partial charge in [-0.05, 0) is 49.2 Å². The second-order valence-corrected chi connectivity index (χ2v) is 7.62. The van der Waals surface area contributed by atoms with Gasteiger partial charge in [0.15, 0.2) is 6.10 Å². The number of aryl methyl sites for hydroxylation is 2. The van der Waals surface area contributed by atoms with Gasteiger partial charge in [-0.3, -0.25) is 9.10 Å². The van der Waals surface area contributed by atoms with Crippen LogP contribution in [-0.2, 0) is 14.8 Å². The molecular formula is C17H18N2O4S. The third kappa shape index (κ3) is 2.71. The molecule has 0 spiro atoms. The Kier molecular flexibility index (Phi) is 3.96. The van der Waals surface area contributed by atoms with E-state index in [-0.39, 0.29) is 11.4 Å². The SMILES string of the molecule is Cc1ccc(S(=O)(=O)N2C[C@@H](C(N)=O)Oc3ccccc32)cc1C. The maximum absolute atomic E-state index is 13.1. The zero-order chi connectivity index (χ0) is 17.5. The lowest BCUT2D eigenvalue weighted by atomic mass is 10.1. The maximum atomic E-state index is 13.1. The Morgan fingerprint density at radius 2 is 1.88 bits per heavy atom. The van der Waals surface area contributed by atoms with E-state index >= 15 is 0 Å². The van der Waals surface area contributed by atoms with Crippen molar-refractivity contribution in [3.05, 3.63) is 53.6 Å². The summed E-state index contributed by atoms with van der Waals surface area (Å²) in [5.74, 6) is -0.384. The number of nitrogens with two attached hydrogens (primary N) is 1. The molecule has 0 radical (unpaired) electrons. The van der Waals surface area contributed by atoms with Gasteiger partial charge in [0, 0.05) is 0 Å². The molecule has 0 fully saturated rings. The van der Waals surface area contributed by atoms with E-state index in [1.165, 1.54) is 4.31 Å². The molecule has 2 N–H and O–H groups in total. The second kappa shape index (κ2) is 5.83. The molecule has 1 heterocycles. The number of nitrogens with zero attached hydrogens (tertiary/aromatic N) is 1. The number of fused-ring (bicyclic) bond motifs is 1. The first-order valence-electron chi connectivity index (χ1n) is 7.45. The van der Waals surface area contributed by atoms with Crippen molar-refractivity contribution in [2.75, 3.05) is 10.8 Å². The highest BCUT2D eigenvalue weighted by Gasteiger charge is 2.36. The second-order valence-electron chi connectivity index (χ2n) is 5.76. The summed E-state index contributed by atoms with van der Waals surface area (Å²) in [6.07, 6.45) is -1.03. The highest BCUT2D eigenvalue weighted by Crippen LogP contribution is 2.36. The molecule has 24 heavy (non-hydrogen) atoms. The van der Waals surface area contributed by atoms with Crippen LogP contribution >= 0.6 is 0 Å². The summed E-state index contributed by atoms with van der Waals surface area (Å²) in [6.45, 7) is 3.62. The van der Waals surface area contributed by atoms with Crippen molar-refractivity contribution in [1.82, 2.24) is 0 Å². The average Bonchev–Trinajstić information content (AvgIpc) is 2.56. The number of anilines is 1. The molecular weight excluding hydrogens is 328 g/mol. The fourth-order valence-corrected chi connectivity index (χ4v) is 4.14. The summed E-state index contributed by atoms with van der Waals surface area (Å²) in [7, 11) is -3.84. The summed E-state index contributed by atoms with van der Waals surface area (Å²) in [5, 5.41) is 0. The van der Waals surface area contributed by atoms with E-state index in [1.807, 2.05) is 13.8 Å². The fraction of sp³-hybridized carbons (Fsp3) is 0.235. The average molecular weight is 346 g/mol. The van der Waals surface area contributed by atoms with Crippen molar-refractivity contribution in [3.63, 3.8) is 0 Å². The van der Waals surface area contributed by atoms with E-state index in [1.54, 1.807) is 42.5 Å². The first-order valence-corrected chi connectivity index (χ1v) is 8.89. The molecule has 1 aliphatic rings. The number of carbonyl (C=O) groups is 1. The summed E-state index contributed by atoms with van der Waals surface area (Å²) in [5.41, 5.74) is 7.61. The fourth-order valence-electron chi connectivity index (χ4n) is 2.58. The van der Waals surface area contributed by atoms with Gasteiger partial charge in [-0.1, -0.05) is 18.2 Å². The van der Waals surface area contributed by atoms with Crippen LogP contribution in [0.5, 0.6) is 5.75 Å². The van der Waals surface area contributed by atoms with Crippen LogP contribution in [0.3, 0.4) is 0 Å². The predicted molar refractivity (Wildman–Crippen MR) is 90.5 cm³/mol. The molecule has 126 valence electrons. The molecule has 0 unspecified atom stereocenters. The molecule has 0 saturated carbocycles. The quantitative estimate of drug-likeness (QED) is 0.917. The lowest BCUT2D eigenvalue weighted by molar-refractivity contribution is -0.124. The normalized spacial score (nSPS) is 17.1. The minimum atomic E-state index is -3.84. The van der Waals surface area contributed by atoms with Gasteiger partial charge >= 0.3 is 0 Å². The molecule has 0 aromatic heterocycles. The van der Waals surface area contributed by atoms with Gasteiger partial charge in [-0.15, -0.1) is 0 Å². The monoisotopic (exact) mass is 346 g/mol. The van der Waals surface area contributed by atoms with Gasteiger partial charge in [0.2, 0.25) is 0 Å². The van der Waals surface area contributed by atoms with Crippen LogP contribution in [-0.4, -0.2) is 27.0 Å². The number of para-hydroxylation sites is 2. The van der Waals surface area contributed by atoms with Crippen LogP contribution in [0.25, 0.3) is 0 Å². The molecule has 1 aliphatic heterocycles.